The normalized spacial score (nSPS) is 11.2. The van der Waals surface area contributed by atoms with Gasteiger partial charge in [-0.15, -0.1) is 0 Å². The minimum Gasteiger partial charge on any atom is -0.458 e. The van der Waals surface area contributed by atoms with Crippen LogP contribution < -0.4 is 5.73 Å². The van der Waals surface area contributed by atoms with Crippen molar-refractivity contribution in [1.29, 1.82) is 0 Å². The molecule has 0 saturated heterocycles. The topological polar surface area (TPSA) is 65.2 Å². The largest absolute Gasteiger partial charge is 0.458 e. The Labute approximate surface area is 94.4 Å². The lowest BCUT2D eigenvalue weighted by atomic mass is 10.0. The monoisotopic (exact) mass is 220 g/mol. The van der Waals surface area contributed by atoms with Crippen LogP contribution in [0.25, 0.3) is 11.5 Å². The smallest absolute Gasteiger partial charge is 0.207 e. The molecule has 0 aromatic carbocycles. The van der Waals surface area contributed by atoms with E-state index in [0.717, 1.165) is 17.7 Å². The van der Waals surface area contributed by atoms with E-state index in [1.165, 1.54) is 0 Å². The minimum absolute atomic E-state index is 0.261. The molecule has 0 aliphatic carbocycles. The maximum atomic E-state index is 5.77. The first kappa shape index (κ1) is 10.8. The van der Waals surface area contributed by atoms with Crippen LogP contribution in [0.2, 0.25) is 0 Å². The fourth-order valence-corrected chi connectivity index (χ4v) is 1.74. The van der Waals surface area contributed by atoms with Gasteiger partial charge in [0.2, 0.25) is 5.76 Å². The van der Waals surface area contributed by atoms with Crippen LogP contribution in [0.3, 0.4) is 0 Å². The van der Waals surface area contributed by atoms with Crippen molar-refractivity contribution in [1.82, 2.24) is 5.16 Å². The predicted octanol–water partition coefficient (Wildman–Crippen LogP) is 3.20. The summed E-state index contributed by atoms with van der Waals surface area (Å²) >= 11 is 0. The van der Waals surface area contributed by atoms with E-state index in [2.05, 4.69) is 19.0 Å². The number of anilines is 1. The van der Waals surface area contributed by atoms with Crippen molar-refractivity contribution >= 4 is 5.82 Å². The molecule has 0 saturated carbocycles. The molecular weight excluding hydrogens is 204 g/mol. The van der Waals surface area contributed by atoms with Crippen molar-refractivity contribution in [3.05, 3.63) is 23.5 Å². The summed E-state index contributed by atoms with van der Waals surface area (Å²) < 4.78 is 10.9. The highest BCUT2D eigenvalue weighted by Crippen LogP contribution is 2.34. The van der Waals surface area contributed by atoms with Crippen LogP contribution in [0, 0.1) is 0 Å². The summed E-state index contributed by atoms with van der Waals surface area (Å²) in [6, 6.07) is 3.84. The average molecular weight is 220 g/mol. The zero-order valence-electron chi connectivity index (χ0n) is 9.78. The molecule has 0 aliphatic rings. The fourth-order valence-electron chi connectivity index (χ4n) is 1.74. The molecule has 4 heteroatoms. The second-order valence-corrected chi connectivity index (χ2v) is 4.08. The van der Waals surface area contributed by atoms with E-state index < -0.39 is 0 Å². The Morgan fingerprint density at radius 3 is 2.69 bits per heavy atom. The molecule has 0 spiro atoms. The summed E-state index contributed by atoms with van der Waals surface area (Å²) in [5, 5.41) is 3.79. The lowest BCUT2D eigenvalue weighted by Gasteiger charge is -2.02. The second-order valence-electron chi connectivity index (χ2n) is 4.08. The van der Waals surface area contributed by atoms with E-state index in [4.69, 9.17) is 14.7 Å². The van der Waals surface area contributed by atoms with Gasteiger partial charge in [-0.25, -0.2) is 0 Å². The number of nitrogens with zero attached hydrogens (tertiary/aromatic N) is 1. The molecule has 2 aromatic heterocycles. The van der Waals surface area contributed by atoms with Crippen molar-refractivity contribution in [2.45, 2.75) is 33.1 Å². The van der Waals surface area contributed by atoms with Crippen LogP contribution in [0.1, 0.15) is 38.0 Å². The van der Waals surface area contributed by atoms with E-state index >= 15 is 0 Å². The van der Waals surface area contributed by atoms with Crippen molar-refractivity contribution in [2.75, 3.05) is 5.73 Å². The molecular formula is C12H16N2O2. The third-order valence-corrected chi connectivity index (χ3v) is 2.57. The van der Waals surface area contributed by atoms with Crippen LogP contribution >= 0.6 is 0 Å². The van der Waals surface area contributed by atoms with E-state index in [0.29, 0.717) is 17.3 Å². The average Bonchev–Trinajstić information content (AvgIpc) is 2.82. The molecule has 0 bridgehead atoms. The molecule has 16 heavy (non-hydrogen) atoms. The molecule has 0 atom stereocenters. The Hall–Kier alpha value is -1.71. The zero-order chi connectivity index (χ0) is 11.7. The van der Waals surface area contributed by atoms with Crippen LogP contribution in [0.4, 0.5) is 5.82 Å². The number of furan rings is 1. The van der Waals surface area contributed by atoms with Gasteiger partial charge in [0.15, 0.2) is 11.6 Å². The summed E-state index contributed by atoms with van der Waals surface area (Å²) in [5.74, 6) is 2.98. The standard InChI is InChI=1S/C12H16N2O2/c1-4-8-5-6-9(15-8)11-10(7(2)3)12(13)14-16-11/h5-7H,4H2,1-3H3,(H2,13,14). The van der Waals surface area contributed by atoms with Crippen LogP contribution in [0.5, 0.6) is 0 Å². The fraction of sp³-hybridized carbons (Fsp3) is 0.417. The summed E-state index contributed by atoms with van der Waals surface area (Å²) in [6.45, 7) is 6.15. The number of aromatic nitrogens is 1. The van der Waals surface area contributed by atoms with Gasteiger partial charge in [0.1, 0.15) is 5.76 Å². The molecule has 86 valence electrons. The Balaban J connectivity index is 2.47. The highest BCUT2D eigenvalue weighted by Gasteiger charge is 2.20. The number of hydrogen-bond acceptors (Lipinski definition) is 4. The van der Waals surface area contributed by atoms with Gasteiger partial charge in [0.25, 0.3) is 0 Å². The lowest BCUT2D eigenvalue weighted by Crippen LogP contribution is -1.94. The third-order valence-electron chi connectivity index (χ3n) is 2.57. The predicted molar refractivity (Wildman–Crippen MR) is 62.1 cm³/mol. The SMILES string of the molecule is CCc1ccc(-c2onc(N)c2C(C)C)o1. The van der Waals surface area contributed by atoms with E-state index in [9.17, 15) is 0 Å². The molecule has 0 radical (unpaired) electrons. The van der Waals surface area contributed by atoms with Gasteiger partial charge in [0.05, 0.1) is 0 Å². The summed E-state index contributed by atoms with van der Waals surface area (Å²) in [6.07, 6.45) is 0.862. The number of hydrogen-bond donors (Lipinski definition) is 1. The van der Waals surface area contributed by atoms with E-state index in [1.54, 1.807) is 0 Å². The van der Waals surface area contributed by atoms with Gasteiger partial charge in [-0.1, -0.05) is 25.9 Å². The third kappa shape index (κ3) is 1.71. The number of nitrogens with two attached hydrogens (primary N) is 1. The van der Waals surface area contributed by atoms with Gasteiger partial charge < -0.3 is 14.7 Å². The Kier molecular flexibility index (Phi) is 2.73. The van der Waals surface area contributed by atoms with Crippen molar-refractivity contribution in [3.63, 3.8) is 0 Å². The van der Waals surface area contributed by atoms with Gasteiger partial charge in [-0.05, 0) is 18.1 Å². The second kappa shape index (κ2) is 4.04. The lowest BCUT2D eigenvalue weighted by molar-refractivity contribution is 0.415. The molecule has 0 aliphatic heterocycles. The molecule has 0 fully saturated rings. The molecule has 0 unspecified atom stereocenters. The first-order valence-corrected chi connectivity index (χ1v) is 5.47. The van der Waals surface area contributed by atoms with Crippen molar-refractivity contribution < 1.29 is 8.94 Å². The minimum atomic E-state index is 0.261. The molecule has 4 nitrogen and oxygen atoms in total. The number of aryl methyl sites for hydroxylation is 1. The molecule has 2 aromatic rings. The van der Waals surface area contributed by atoms with Crippen molar-refractivity contribution in [3.8, 4) is 11.5 Å². The zero-order valence-corrected chi connectivity index (χ0v) is 9.78. The first-order chi connectivity index (χ1) is 7.63. The number of rotatable bonds is 3. The summed E-state index contributed by atoms with van der Waals surface area (Å²) in [5.41, 5.74) is 6.69. The molecule has 2 heterocycles. The highest BCUT2D eigenvalue weighted by molar-refractivity contribution is 5.62. The van der Waals surface area contributed by atoms with Gasteiger partial charge in [0, 0.05) is 12.0 Å². The highest BCUT2D eigenvalue weighted by atomic mass is 16.5. The van der Waals surface area contributed by atoms with Crippen molar-refractivity contribution in [2.24, 2.45) is 0 Å². The molecule has 0 amide bonds. The summed E-state index contributed by atoms with van der Waals surface area (Å²) in [4.78, 5) is 0. The molecule has 2 rings (SSSR count). The van der Waals surface area contributed by atoms with Gasteiger partial charge in [-0.3, -0.25) is 0 Å². The number of nitrogen functional groups attached to an aromatic ring is 1. The maximum Gasteiger partial charge on any atom is 0.207 e. The molecule has 2 N–H and O–H groups in total. The Bertz CT molecular complexity index is 483. The first-order valence-electron chi connectivity index (χ1n) is 5.47. The van der Waals surface area contributed by atoms with Gasteiger partial charge in [-0.2, -0.15) is 0 Å². The van der Waals surface area contributed by atoms with Crippen LogP contribution in [0.15, 0.2) is 21.1 Å². The maximum absolute atomic E-state index is 5.77. The van der Waals surface area contributed by atoms with Crippen LogP contribution in [-0.4, -0.2) is 5.16 Å². The van der Waals surface area contributed by atoms with Crippen LogP contribution in [-0.2, 0) is 6.42 Å². The van der Waals surface area contributed by atoms with E-state index in [-0.39, 0.29) is 5.92 Å². The quantitative estimate of drug-likeness (QED) is 0.862. The Morgan fingerprint density at radius 1 is 1.38 bits per heavy atom. The summed E-state index contributed by atoms with van der Waals surface area (Å²) in [7, 11) is 0. The van der Waals surface area contributed by atoms with Gasteiger partial charge >= 0.3 is 0 Å². The van der Waals surface area contributed by atoms with E-state index in [1.807, 2.05) is 19.1 Å². The Morgan fingerprint density at radius 2 is 2.12 bits per heavy atom.